The molecule has 0 heterocycles. The molecule has 1 atom stereocenters. The number of halogens is 1. The smallest absolute Gasteiger partial charge is 0.165 e. The first-order valence-electron chi connectivity index (χ1n) is 6.43. The molecule has 0 fully saturated rings. The third-order valence-electron chi connectivity index (χ3n) is 3.17. The second-order valence-electron chi connectivity index (χ2n) is 4.49. The molecule has 0 aliphatic carbocycles. The SMILES string of the molecule is CCS(=O)(=O)CCCC(NN)c1ccc(OC)c(F)c1. The van der Waals surface area contributed by atoms with Crippen molar-refractivity contribution >= 4 is 9.84 Å². The zero-order chi connectivity index (χ0) is 15.2. The van der Waals surface area contributed by atoms with E-state index in [0.717, 1.165) is 0 Å². The van der Waals surface area contributed by atoms with Gasteiger partial charge in [0.05, 0.1) is 12.9 Å². The number of hydrogen-bond donors (Lipinski definition) is 2. The van der Waals surface area contributed by atoms with Gasteiger partial charge in [-0.2, -0.15) is 0 Å². The first-order valence-corrected chi connectivity index (χ1v) is 8.25. The van der Waals surface area contributed by atoms with Crippen molar-refractivity contribution in [1.29, 1.82) is 0 Å². The molecule has 0 amide bonds. The second kappa shape index (κ2) is 7.56. The van der Waals surface area contributed by atoms with Gasteiger partial charge in [-0.05, 0) is 30.5 Å². The summed E-state index contributed by atoms with van der Waals surface area (Å²) in [6, 6.07) is 4.29. The Bertz CT molecular complexity index is 534. The van der Waals surface area contributed by atoms with Crippen LogP contribution in [0.3, 0.4) is 0 Å². The van der Waals surface area contributed by atoms with E-state index in [-0.39, 0.29) is 23.3 Å². The Kier molecular flexibility index (Phi) is 6.38. The summed E-state index contributed by atoms with van der Waals surface area (Å²) in [5.41, 5.74) is 3.25. The molecule has 0 bridgehead atoms. The number of benzene rings is 1. The lowest BCUT2D eigenvalue weighted by Gasteiger charge is -2.17. The monoisotopic (exact) mass is 304 g/mol. The Morgan fingerprint density at radius 3 is 2.65 bits per heavy atom. The molecule has 0 aromatic heterocycles. The Hall–Kier alpha value is -1.18. The topological polar surface area (TPSA) is 81.4 Å². The van der Waals surface area contributed by atoms with Crippen LogP contribution in [0.2, 0.25) is 0 Å². The molecule has 0 saturated carbocycles. The van der Waals surface area contributed by atoms with Gasteiger partial charge in [0.15, 0.2) is 11.6 Å². The van der Waals surface area contributed by atoms with Crippen molar-refractivity contribution in [3.05, 3.63) is 29.6 Å². The minimum absolute atomic E-state index is 0.111. The molecular formula is C13H21FN2O3S. The predicted molar refractivity (Wildman–Crippen MR) is 76.6 cm³/mol. The van der Waals surface area contributed by atoms with Gasteiger partial charge in [-0.1, -0.05) is 13.0 Å². The van der Waals surface area contributed by atoms with E-state index in [1.165, 1.54) is 19.2 Å². The zero-order valence-corrected chi connectivity index (χ0v) is 12.5. The van der Waals surface area contributed by atoms with Crippen LogP contribution in [-0.4, -0.2) is 27.0 Å². The van der Waals surface area contributed by atoms with Gasteiger partial charge >= 0.3 is 0 Å². The van der Waals surface area contributed by atoms with Gasteiger partial charge < -0.3 is 4.74 Å². The van der Waals surface area contributed by atoms with Crippen LogP contribution in [0, 0.1) is 5.82 Å². The fraction of sp³-hybridized carbons (Fsp3) is 0.538. The molecular weight excluding hydrogens is 283 g/mol. The van der Waals surface area contributed by atoms with Crippen LogP contribution < -0.4 is 16.0 Å². The van der Waals surface area contributed by atoms with Crippen molar-refractivity contribution in [2.45, 2.75) is 25.8 Å². The van der Waals surface area contributed by atoms with E-state index >= 15 is 0 Å². The van der Waals surface area contributed by atoms with Crippen LogP contribution in [-0.2, 0) is 9.84 Å². The van der Waals surface area contributed by atoms with E-state index in [1.54, 1.807) is 13.0 Å². The highest BCUT2D eigenvalue weighted by molar-refractivity contribution is 7.91. The molecule has 0 aliphatic rings. The molecule has 20 heavy (non-hydrogen) atoms. The van der Waals surface area contributed by atoms with E-state index in [2.05, 4.69) is 5.43 Å². The van der Waals surface area contributed by atoms with Crippen LogP contribution in [0.1, 0.15) is 31.4 Å². The Morgan fingerprint density at radius 2 is 2.15 bits per heavy atom. The van der Waals surface area contributed by atoms with E-state index in [9.17, 15) is 12.8 Å². The lowest BCUT2D eigenvalue weighted by atomic mass is 10.0. The number of hydrazine groups is 1. The van der Waals surface area contributed by atoms with Gasteiger partial charge in [-0.15, -0.1) is 0 Å². The van der Waals surface area contributed by atoms with Crippen molar-refractivity contribution in [3.63, 3.8) is 0 Å². The molecule has 1 aromatic carbocycles. The Balaban J connectivity index is 2.69. The summed E-state index contributed by atoms with van der Waals surface area (Å²) in [6.07, 6.45) is 0.986. The number of sulfone groups is 1. The highest BCUT2D eigenvalue weighted by atomic mass is 32.2. The van der Waals surface area contributed by atoms with E-state index < -0.39 is 15.7 Å². The molecule has 1 unspecified atom stereocenters. The maximum absolute atomic E-state index is 13.6. The summed E-state index contributed by atoms with van der Waals surface area (Å²) >= 11 is 0. The number of nitrogens with one attached hydrogen (secondary N) is 1. The number of methoxy groups -OCH3 is 1. The number of hydrogen-bond acceptors (Lipinski definition) is 5. The summed E-state index contributed by atoms with van der Waals surface area (Å²) in [7, 11) is -1.59. The molecule has 7 heteroatoms. The lowest BCUT2D eigenvalue weighted by molar-refractivity contribution is 0.385. The van der Waals surface area contributed by atoms with Gasteiger partial charge in [-0.25, -0.2) is 12.8 Å². The average Bonchev–Trinajstić information content (AvgIpc) is 2.43. The van der Waals surface area contributed by atoms with Crippen molar-refractivity contribution < 1.29 is 17.5 Å². The normalized spacial score (nSPS) is 13.2. The van der Waals surface area contributed by atoms with Crippen LogP contribution in [0.15, 0.2) is 18.2 Å². The quantitative estimate of drug-likeness (QED) is 0.562. The molecule has 0 radical (unpaired) electrons. The van der Waals surface area contributed by atoms with Crippen molar-refractivity contribution in [2.75, 3.05) is 18.6 Å². The van der Waals surface area contributed by atoms with E-state index in [4.69, 9.17) is 10.6 Å². The summed E-state index contributed by atoms with van der Waals surface area (Å²) in [5, 5.41) is 0. The third-order valence-corrected chi connectivity index (χ3v) is 4.96. The van der Waals surface area contributed by atoms with Gasteiger partial charge in [0.2, 0.25) is 0 Å². The largest absolute Gasteiger partial charge is 0.494 e. The minimum Gasteiger partial charge on any atom is -0.494 e. The molecule has 0 spiro atoms. The van der Waals surface area contributed by atoms with Crippen LogP contribution in [0.4, 0.5) is 4.39 Å². The standard InChI is InChI=1S/C13H21FN2O3S/c1-3-20(17,18)8-4-5-12(16-15)10-6-7-13(19-2)11(14)9-10/h6-7,9,12,16H,3-5,8,15H2,1-2H3. The van der Waals surface area contributed by atoms with Crippen molar-refractivity contribution in [1.82, 2.24) is 5.43 Å². The van der Waals surface area contributed by atoms with Gasteiger partial charge in [-0.3, -0.25) is 11.3 Å². The Labute approximate surface area is 119 Å². The number of rotatable bonds is 8. The summed E-state index contributed by atoms with van der Waals surface area (Å²) in [5.74, 6) is 5.39. The third kappa shape index (κ3) is 4.73. The second-order valence-corrected chi connectivity index (χ2v) is 6.96. The summed E-state index contributed by atoms with van der Waals surface area (Å²) in [4.78, 5) is 0. The van der Waals surface area contributed by atoms with Crippen LogP contribution >= 0.6 is 0 Å². The molecule has 114 valence electrons. The fourth-order valence-electron chi connectivity index (χ4n) is 1.90. The molecule has 1 aromatic rings. The maximum Gasteiger partial charge on any atom is 0.165 e. The van der Waals surface area contributed by atoms with E-state index in [0.29, 0.717) is 18.4 Å². The number of nitrogens with two attached hydrogens (primary N) is 1. The lowest BCUT2D eigenvalue weighted by Crippen LogP contribution is -2.28. The molecule has 3 N–H and O–H groups in total. The highest BCUT2D eigenvalue weighted by Crippen LogP contribution is 2.24. The van der Waals surface area contributed by atoms with Crippen LogP contribution in [0.25, 0.3) is 0 Å². The summed E-state index contributed by atoms with van der Waals surface area (Å²) < 4.78 is 41.3. The molecule has 0 saturated heterocycles. The van der Waals surface area contributed by atoms with Gasteiger partial charge in [0, 0.05) is 11.8 Å². The molecule has 0 aliphatic heterocycles. The number of ether oxygens (including phenoxy) is 1. The predicted octanol–water partition coefficient (Wildman–Crippen LogP) is 1.55. The maximum atomic E-state index is 13.6. The summed E-state index contributed by atoms with van der Waals surface area (Å²) in [6.45, 7) is 1.62. The van der Waals surface area contributed by atoms with Gasteiger partial charge in [0.25, 0.3) is 0 Å². The minimum atomic E-state index is -2.99. The first-order chi connectivity index (χ1) is 9.43. The molecule has 5 nitrogen and oxygen atoms in total. The van der Waals surface area contributed by atoms with Crippen molar-refractivity contribution in [3.8, 4) is 5.75 Å². The average molecular weight is 304 g/mol. The highest BCUT2D eigenvalue weighted by Gasteiger charge is 2.14. The van der Waals surface area contributed by atoms with Crippen molar-refractivity contribution in [2.24, 2.45) is 5.84 Å². The fourth-order valence-corrected chi connectivity index (χ4v) is 2.79. The first kappa shape index (κ1) is 16.9. The Morgan fingerprint density at radius 1 is 1.45 bits per heavy atom. The van der Waals surface area contributed by atoms with E-state index in [1.807, 2.05) is 0 Å². The zero-order valence-electron chi connectivity index (χ0n) is 11.7. The van der Waals surface area contributed by atoms with Crippen LogP contribution in [0.5, 0.6) is 5.75 Å². The molecule has 1 rings (SSSR count). The van der Waals surface area contributed by atoms with Gasteiger partial charge in [0.1, 0.15) is 9.84 Å².